The monoisotopic (exact) mass is 373 g/mol. The van der Waals surface area contributed by atoms with Crippen molar-refractivity contribution in [2.45, 2.75) is 13.3 Å². The van der Waals surface area contributed by atoms with Crippen LogP contribution in [0.1, 0.15) is 22.3 Å². The number of imide groups is 1. The summed E-state index contributed by atoms with van der Waals surface area (Å²) < 4.78 is 5.43. The van der Waals surface area contributed by atoms with Gasteiger partial charge in [0.25, 0.3) is 0 Å². The van der Waals surface area contributed by atoms with Crippen molar-refractivity contribution in [3.63, 3.8) is 0 Å². The SMILES string of the molecule is Cc1cccc(OC(=O)c2cccc(N3C(=O)[C@@H]4[C@H](C3=O)[C@H]3C=C[C@H]4C3)c2)c1. The van der Waals surface area contributed by atoms with E-state index in [-0.39, 0.29) is 35.5 Å². The number of benzene rings is 2. The van der Waals surface area contributed by atoms with E-state index >= 15 is 0 Å². The fraction of sp³-hybridized carbons (Fsp3) is 0.261. The Morgan fingerprint density at radius 1 is 0.964 bits per heavy atom. The molecule has 1 saturated carbocycles. The van der Waals surface area contributed by atoms with E-state index in [1.165, 1.54) is 4.90 Å². The number of ether oxygens (including phenoxy) is 1. The average Bonchev–Trinajstić information content (AvgIpc) is 3.36. The Balaban J connectivity index is 1.41. The minimum absolute atomic E-state index is 0.156. The lowest BCUT2D eigenvalue weighted by Crippen LogP contribution is -2.33. The number of fused-ring (bicyclic) bond motifs is 5. The second kappa shape index (κ2) is 6.16. The van der Waals surface area contributed by atoms with Gasteiger partial charge in [0, 0.05) is 0 Å². The number of aryl methyl sites for hydroxylation is 1. The zero-order chi connectivity index (χ0) is 19.4. The summed E-state index contributed by atoms with van der Waals surface area (Å²) in [6, 6.07) is 13.8. The normalized spacial score (nSPS) is 27.4. The Morgan fingerprint density at radius 2 is 1.64 bits per heavy atom. The summed E-state index contributed by atoms with van der Waals surface area (Å²) in [4.78, 5) is 39.7. The van der Waals surface area contributed by atoms with Crippen LogP contribution >= 0.6 is 0 Å². The summed E-state index contributed by atoms with van der Waals surface area (Å²) in [6.45, 7) is 1.92. The van der Waals surface area contributed by atoms with Crippen LogP contribution in [0.25, 0.3) is 0 Å². The Morgan fingerprint density at radius 3 is 2.32 bits per heavy atom. The summed E-state index contributed by atoms with van der Waals surface area (Å²) in [7, 11) is 0. The van der Waals surface area contributed by atoms with Crippen molar-refractivity contribution >= 4 is 23.5 Å². The molecule has 2 fully saturated rings. The topological polar surface area (TPSA) is 63.7 Å². The first-order valence-electron chi connectivity index (χ1n) is 9.48. The number of amides is 2. The van der Waals surface area contributed by atoms with E-state index in [0.717, 1.165) is 12.0 Å². The Kier molecular flexibility index (Phi) is 3.72. The average molecular weight is 373 g/mol. The number of hydrogen-bond donors (Lipinski definition) is 0. The van der Waals surface area contributed by atoms with Gasteiger partial charge in [0.05, 0.1) is 23.1 Å². The van der Waals surface area contributed by atoms with Gasteiger partial charge in [-0.05, 0) is 61.1 Å². The summed E-state index contributed by atoms with van der Waals surface area (Å²) in [5, 5.41) is 0. The molecule has 1 aliphatic heterocycles. The number of hydrogen-bond acceptors (Lipinski definition) is 4. The van der Waals surface area contributed by atoms with Gasteiger partial charge < -0.3 is 4.74 Å². The van der Waals surface area contributed by atoms with Crippen molar-refractivity contribution in [2.75, 3.05) is 4.90 Å². The molecule has 4 atom stereocenters. The van der Waals surface area contributed by atoms with Crippen LogP contribution in [0.4, 0.5) is 5.69 Å². The van der Waals surface area contributed by atoms with E-state index in [4.69, 9.17) is 4.74 Å². The number of nitrogens with zero attached hydrogens (tertiary/aromatic N) is 1. The van der Waals surface area contributed by atoms with Crippen LogP contribution in [-0.2, 0) is 9.59 Å². The molecule has 5 rings (SSSR count). The number of esters is 1. The molecular formula is C23H19NO4. The van der Waals surface area contributed by atoms with E-state index in [0.29, 0.717) is 17.0 Å². The van der Waals surface area contributed by atoms with Crippen LogP contribution in [0.3, 0.4) is 0 Å². The fourth-order valence-corrected chi connectivity index (χ4v) is 4.77. The van der Waals surface area contributed by atoms with Gasteiger partial charge in [0.15, 0.2) is 0 Å². The van der Waals surface area contributed by atoms with Crippen LogP contribution in [0.15, 0.2) is 60.7 Å². The zero-order valence-electron chi connectivity index (χ0n) is 15.4. The molecule has 1 heterocycles. The summed E-state index contributed by atoms with van der Waals surface area (Å²) in [5.41, 5.74) is 1.72. The van der Waals surface area contributed by atoms with Crippen LogP contribution in [-0.4, -0.2) is 17.8 Å². The first-order valence-corrected chi connectivity index (χ1v) is 9.48. The molecule has 5 heteroatoms. The van der Waals surface area contributed by atoms with Crippen LogP contribution < -0.4 is 9.64 Å². The Bertz CT molecular complexity index is 1010. The lowest BCUT2D eigenvalue weighted by Gasteiger charge is -2.18. The predicted molar refractivity (Wildman–Crippen MR) is 103 cm³/mol. The predicted octanol–water partition coefficient (Wildman–Crippen LogP) is 3.53. The van der Waals surface area contributed by atoms with Gasteiger partial charge >= 0.3 is 5.97 Å². The van der Waals surface area contributed by atoms with Crippen molar-refractivity contribution in [2.24, 2.45) is 23.7 Å². The van der Waals surface area contributed by atoms with E-state index in [2.05, 4.69) is 12.2 Å². The fourth-order valence-electron chi connectivity index (χ4n) is 4.77. The molecule has 0 spiro atoms. The second-order valence-electron chi connectivity index (χ2n) is 7.77. The highest BCUT2D eigenvalue weighted by atomic mass is 16.5. The maximum Gasteiger partial charge on any atom is 0.343 e. The summed E-state index contributed by atoms with van der Waals surface area (Å²) in [6.07, 6.45) is 5.02. The number of allylic oxidation sites excluding steroid dienone is 2. The maximum atomic E-state index is 13.0. The highest BCUT2D eigenvalue weighted by Gasteiger charge is 2.59. The number of carbonyl (C=O) groups excluding carboxylic acids is 3. The molecule has 1 saturated heterocycles. The molecule has 2 aromatic rings. The minimum Gasteiger partial charge on any atom is -0.423 e. The molecule has 2 aliphatic carbocycles. The third kappa shape index (κ3) is 2.50. The van der Waals surface area contributed by atoms with Crippen LogP contribution in [0.2, 0.25) is 0 Å². The van der Waals surface area contributed by atoms with Gasteiger partial charge in [-0.25, -0.2) is 9.69 Å². The zero-order valence-corrected chi connectivity index (χ0v) is 15.4. The quantitative estimate of drug-likeness (QED) is 0.357. The van der Waals surface area contributed by atoms with Crippen LogP contribution in [0.5, 0.6) is 5.75 Å². The van der Waals surface area contributed by atoms with Crippen molar-refractivity contribution in [3.05, 3.63) is 71.8 Å². The molecule has 0 unspecified atom stereocenters. The molecule has 3 aliphatic rings. The molecule has 5 nitrogen and oxygen atoms in total. The van der Waals surface area contributed by atoms with E-state index < -0.39 is 5.97 Å². The highest BCUT2D eigenvalue weighted by Crippen LogP contribution is 2.53. The van der Waals surface area contributed by atoms with Gasteiger partial charge in [-0.15, -0.1) is 0 Å². The van der Waals surface area contributed by atoms with Gasteiger partial charge in [-0.3, -0.25) is 9.59 Å². The number of rotatable bonds is 3. The molecule has 2 amide bonds. The molecule has 0 N–H and O–H groups in total. The van der Waals surface area contributed by atoms with Gasteiger partial charge in [-0.1, -0.05) is 30.4 Å². The maximum absolute atomic E-state index is 13.0. The smallest absolute Gasteiger partial charge is 0.343 e. The highest BCUT2D eigenvalue weighted by molar-refractivity contribution is 6.23. The number of anilines is 1. The van der Waals surface area contributed by atoms with E-state index in [9.17, 15) is 14.4 Å². The van der Waals surface area contributed by atoms with Gasteiger partial charge in [0.2, 0.25) is 11.8 Å². The first-order chi connectivity index (χ1) is 13.5. The van der Waals surface area contributed by atoms with Crippen molar-refractivity contribution in [1.29, 1.82) is 0 Å². The summed E-state index contributed by atoms with van der Waals surface area (Å²) >= 11 is 0. The Hall–Kier alpha value is -3.21. The lowest BCUT2D eigenvalue weighted by atomic mass is 9.85. The van der Waals surface area contributed by atoms with Crippen LogP contribution in [0, 0.1) is 30.6 Å². The number of carbonyl (C=O) groups is 3. The molecule has 2 aromatic carbocycles. The summed E-state index contributed by atoms with van der Waals surface area (Å²) in [5.74, 6) is -0.575. The third-order valence-electron chi connectivity index (χ3n) is 6.01. The lowest BCUT2D eigenvalue weighted by molar-refractivity contribution is -0.123. The Labute approximate surface area is 162 Å². The molecule has 2 bridgehead atoms. The van der Waals surface area contributed by atoms with E-state index in [1.54, 1.807) is 36.4 Å². The minimum atomic E-state index is -0.520. The third-order valence-corrected chi connectivity index (χ3v) is 6.01. The second-order valence-corrected chi connectivity index (χ2v) is 7.77. The standard InChI is InChI=1S/C23H19NO4/c1-13-4-2-7-18(10-13)28-23(27)16-5-3-6-17(12-16)24-21(25)19-14-8-9-15(11-14)20(19)22(24)26/h2-10,12,14-15,19-20H,11H2,1H3/t14-,15-,19-,20+/m0/s1. The molecule has 140 valence electrons. The van der Waals surface area contributed by atoms with Gasteiger partial charge in [-0.2, -0.15) is 0 Å². The van der Waals surface area contributed by atoms with Gasteiger partial charge in [0.1, 0.15) is 5.75 Å². The molecule has 28 heavy (non-hydrogen) atoms. The first kappa shape index (κ1) is 16.9. The van der Waals surface area contributed by atoms with Crippen molar-refractivity contribution in [1.82, 2.24) is 0 Å². The van der Waals surface area contributed by atoms with Crippen molar-refractivity contribution in [3.8, 4) is 5.75 Å². The molecular weight excluding hydrogens is 354 g/mol. The van der Waals surface area contributed by atoms with E-state index in [1.807, 2.05) is 19.1 Å². The molecule has 0 aromatic heterocycles. The molecule has 0 radical (unpaired) electrons. The van der Waals surface area contributed by atoms with Crippen molar-refractivity contribution < 1.29 is 19.1 Å². The largest absolute Gasteiger partial charge is 0.423 e.